The van der Waals surface area contributed by atoms with Crippen LogP contribution >= 0.6 is 11.8 Å². The first kappa shape index (κ1) is 29.6. The van der Waals surface area contributed by atoms with Gasteiger partial charge in [0, 0.05) is 32.5 Å². The van der Waals surface area contributed by atoms with Crippen molar-refractivity contribution in [3.05, 3.63) is 160 Å². The molecule has 0 amide bonds. The highest BCUT2D eigenvalue weighted by molar-refractivity contribution is 8.00. The predicted molar refractivity (Wildman–Crippen MR) is 209 cm³/mol. The Balaban J connectivity index is 1.05. The Labute approximate surface area is 294 Å². The summed E-state index contributed by atoms with van der Waals surface area (Å²) < 4.78 is 2.59. The lowest BCUT2D eigenvalue weighted by atomic mass is 9.72. The Morgan fingerprint density at radius 1 is 0.816 bits per heavy atom. The highest BCUT2D eigenvalue weighted by atomic mass is 32.2. The highest BCUT2D eigenvalue weighted by Gasteiger charge is 2.51. The van der Waals surface area contributed by atoms with Crippen molar-refractivity contribution in [1.29, 1.82) is 0 Å². The quantitative estimate of drug-likeness (QED) is 0.188. The van der Waals surface area contributed by atoms with E-state index in [-0.39, 0.29) is 5.41 Å². The van der Waals surface area contributed by atoms with Crippen LogP contribution < -0.4 is 0 Å². The van der Waals surface area contributed by atoms with Crippen LogP contribution in [0.1, 0.15) is 74.1 Å². The van der Waals surface area contributed by atoms with Crippen molar-refractivity contribution in [2.45, 2.75) is 68.9 Å². The minimum Gasteiger partial charge on any atom is -0.313 e. The van der Waals surface area contributed by atoms with Crippen LogP contribution in [-0.4, -0.2) is 9.82 Å². The molecule has 0 N–H and O–H groups in total. The van der Waals surface area contributed by atoms with E-state index in [0.717, 1.165) is 12.8 Å². The van der Waals surface area contributed by atoms with Gasteiger partial charge in [-0.15, -0.1) is 11.8 Å². The molecule has 0 spiro atoms. The van der Waals surface area contributed by atoms with E-state index in [1.807, 2.05) is 0 Å². The minimum absolute atomic E-state index is 0.0862. The van der Waals surface area contributed by atoms with Crippen LogP contribution in [0.2, 0.25) is 0 Å². The van der Waals surface area contributed by atoms with E-state index < -0.39 is 0 Å². The number of aromatic nitrogens is 1. The summed E-state index contributed by atoms with van der Waals surface area (Å²) >= 11 is 2.09. The van der Waals surface area contributed by atoms with Gasteiger partial charge in [0.05, 0.1) is 11.0 Å². The van der Waals surface area contributed by atoms with E-state index in [1.165, 1.54) is 66.6 Å². The summed E-state index contributed by atoms with van der Waals surface area (Å²) in [6.45, 7) is 9.70. The molecule has 0 saturated carbocycles. The zero-order valence-electron chi connectivity index (χ0n) is 28.9. The van der Waals surface area contributed by atoms with Gasteiger partial charge in [0.15, 0.2) is 0 Å². The lowest BCUT2D eigenvalue weighted by Crippen LogP contribution is -2.24. The second-order valence-corrected chi connectivity index (χ2v) is 16.8. The number of para-hydroxylation sites is 1. The molecular weight excluding hydrogens is 611 g/mol. The van der Waals surface area contributed by atoms with Crippen molar-refractivity contribution in [2.24, 2.45) is 17.3 Å². The van der Waals surface area contributed by atoms with Crippen molar-refractivity contribution in [3.8, 4) is 0 Å². The average Bonchev–Trinajstić information content (AvgIpc) is 3.74. The molecule has 5 unspecified atom stereocenters. The molecule has 5 aliphatic rings. The number of thioether (sulfide) groups is 1. The molecule has 0 radical (unpaired) electrons. The van der Waals surface area contributed by atoms with Gasteiger partial charge in [-0.1, -0.05) is 112 Å². The van der Waals surface area contributed by atoms with Gasteiger partial charge in [-0.05, 0) is 124 Å². The summed E-state index contributed by atoms with van der Waals surface area (Å²) in [5.74, 6) is 1.93. The van der Waals surface area contributed by atoms with Crippen LogP contribution in [0, 0.1) is 24.2 Å². The summed E-state index contributed by atoms with van der Waals surface area (Å²) in [5, 5.41) is 3.23. The number of benzene rings is 4. The SMILES string of the molecule is Cc1ccccc1C1=CCCC(c2ccc3c(c2)c2ccccc2n3C2=CC=C3C4=C(C=CC5c6ccccc6SC45)C(C)(C)C3C2)C1C. The Kier molecular flexibility index (Phi) is 6.57. The van der Waals surface area contributed by atoms with E-state index in [0.29, 0.717) is 28.9 Å². The van der Waals surface area contributed by atoms with Gasteiger partial charge < -0.3 is 4.57 Å². The number of aryl methyl sites for hydroxylation is 1. The van der Waals surface area contributed by atoms with Crippen molar-refractivity contribution < 1.29 is 0 Å². The maximum atomic E-state index is 2.59. The van der Waals surface area contributed by atoms with E-state index in [9.17, 15) is 0 Å². The van der Waals surface area contributed by atoms with Crippen molar-refractivity contribution in [3.63, 3.8) is 0 Å². The number of rotatable bonds is 3. The molecular formula is C47H43NS. The fraction of sp³-hybridized carbons (Fsp3) is 0.277. The predicted octanol–water partition coefficient (Wildman–Crippen LogP) is 12.7. The Hall–Kier alpha value is -4.27. The molecule has 5 atom stereocenters. The third kappa shape index (κ3) is 4.26. The first-order valence-electron chi connectivity index (χ1n) is 18.3. The van der Waals surface area contributed by atoms with Crippen LogP contribution in [0.5, 0.6) is 0 Å². The summed E-state index contributed by atoms with van der Waals surface area (Å²) in [6, 6.07) is 34.5. The number of hydrogen-bond donors (Lipinski definition) is 0. The number of hydrogen-bond acceptors (Lipinski definition) is 1. The van der Waals surface area contributed by atoms with Gasteiger partial charge in [0.25, 0.3) is 0 Å². The molecule has 1 nitrogen and oxygen atoms in total. The zero-order valence-corrected chi connectivity index (χ0v) is 29.7. The topological polar surface area (TPSA) is 4.93 Å². The van der Waals surface area contributed by atoms with Crippen LogP contribution in [0.15, 0.2) is 143 Å². The summed E-state index contributed by atoms with van der Waals surface area (Å²) in [5.41, 5.74) is 16.2. The van der Waals surface area contributed by atoms with Gasteiger partial charge in [-0.25, -0.2) is 0 Å². The van der Waals surface area contributed by atoms with Gasteiger partial charge >= 0.3 is 0 Å². The summed E-state index contributed by atoms with van der Waals surface area (Å²) in [6.07, 6.45) is 15.9. The molecule has 4 aliphatic carbocycles. The lowest BCUT2D eigenvalue weighted by Gasteiger charge is -2.33. The average molecular weight is 654 g/mol. The molecule has 4 aromatic carbocycles. The molecule has 49 heavy (non-hydrogen) atoms. The minimum atomic E-state index is 0.0862. The second-order valence-electron chi connectivity index (χ2n) is 15.6. The molecule has 10 rings (SSSR count). The van der Waals surface area contributed by atoms with Crippen LogP contribution in [0.4, 0.5) is 0 Å². The fourth-order valence-electron chi connectivity index (χ4n) is 10.3. The Morgan fingerprint density at radius 3 is 2.51 bits per heavy atom. The highest BCUT2D eigenvalue weighted by Crippen LogP contribution is 2.63. The molecule has 2 heteroatoms. The van der Waals surface area contributed by atoms with Crippen molar-refractivity contribution >= 4 is 44.8 Å². The Morgan fingerprint density at radius 2 is 1.61 bits per heavy atom. The van der Waals surface area contributed by atoms with E-state index >= 15 is 0 Å². The molecule has 5 aromatic rings. The smallest absolute Gasteiger partial charge is 0.0538 e. The monoisotopic (exact) mass is 653 g/mol. The fourth-order valence-corrected chi connectivity index (χ4v) is 11.8. The Bertz CT molecular complexity index is 2370. The maximum Gasteiger partial charge on any atom is 0.0538 e. The molecule has 242 valence electrons. The first-order valence-corrected chi connectivity index (χ1v) is 19.2. The van der Waals surface area contributed by atoms with E-state index in [2.05, 4.69) is 165 Å². The van der Waals surface area contributed by atoms with Gasteiger partial charge in [-0.2, -0.15) is 0 Å². The van der Waals surface area contributed by atoms with Crippen LogP contribution in [0.3, 0.4) is 0 Å². The third-order valence-electron chi connectivity index (χ3n) is 12.8. The number of fused-ring (bicyclic) bond motifs is 9. The van der Waals surface area contributed by atoms with Gasteiger partial charge in [0.2, 0.25) is 0 Å². The van der Waals surface area contributed by atoms with Gasteiger partial charge in [0.1, 0.15) is 0 Å². The third-order valence-corrected chi connectivity index (χ3v) is 14.2. The zero-order chi connectivity index (χ0) is 33.0. The molecule has 1 aliphatic heterocycles. The number of nitrogens with zero attached hydrogens (tertiary/aromatic N) is 1. The largest absolute Gasteiger partial charge is 0.313 e. The number of allylic oxidation sites excluding steroid dienone is 9. The molecule has 0 bridgehead atoms. The summed E-state index contributed by atoms with van der Waals surface area (Å²) in [7, 11) is 0. The second kappa shape index (κ2) is 10.9. The lowest BCUT2D eigenvalue weighted by molar-refractivity contribution is 0.337. The molecule has 2 heterocycles. The van der Waals surface area contributed by atoms with Crippen LogP contribution in [0.25, 0.3) is 33.1 Å². The van der Waals surface area contributed by atoms with E-state index in [4.69, 9.17) is 0 Å². The summed E-state index contributed by atoms with van der Waals surface area (Å²) in [4.78, 5) is 1.46. The molecule has 1 aromatic heterocycles. The van der Waals surface area contributed by atoms with Crippen molar-refractivity contribution in [2.75, 3.05) is 0 Å². The first-order chi connectivity index (χ1) is 23.9. The van der Waals surface area contributed by atoms with Gasteiger partial charge in [-0.3, -0.25) is 0 Å². The maximum absolute atomic E-state index is 2.59. The van der Waals surface area contributed by atoms with E-state index in [1.54, 1.807) is 16.7 Å². The van der Waals surface area contributed by atoms with Crippen LogP contribution in [-0.2, 0) is 0 Å². The standard InChI is InChI=1S/C47H43NS/c1-28-12-5-6-13-32(28)34-17-11-16-33(29(34)2)30-20-25-43-39(26-30)35-14-7-9-18-42(35)48(43)31-21-22-38-41(27-31)47(3,4)40-24-23-37-36-15-8-10-19-44(36)49-46(37)45(38)40/h5-10,12-15,17-26,29,33,37,41,46H,11,16,27H2,1-4H3. The molecule has 0 saturated heterocycles. The normalized spacial score (nSPS) is 26.6. The van der Waals surface area contributed by atoms with Crippen molar-refractivity contribution in [1.82, 2.24) is 4.57 Å². The molecule has 0 fully saturated rings.